The van der Waals surface area contributed by atoms with E-state index < -0.39 is 6.04 Å². The van der Waals surface area contributed by atoms with Crippen LogP contribution in [0.3, 0.4) is 0 Å². The third-order valence-electron chi connectivity index (χ3n) is 3.07. The van der Waals surface area contributed by atoms with Gasteiger partial charge in [0.25, 0.3) is 0 Å². The van der Waals surface area contributed by atoms with Gasteiger partial charge in [0.15, 0.2) is 0 Å². The summed E-state index contributed by atoms with van der Waals surface area (Å²) in [6.07, 6.45) is 0. The fourth-order valence-electron chi connectivity index (χ4n) is 1.93. The molecule has 0 saturated carbocycles. The SMILES string of the molecule is N#Cc1ccc(SCC(=O)NC(CO)c2ccccc2)cc1. The Morgan fingerprint density at radius 3 is 2.45 bits per heavy atom. The highest BCUT2D eigenvalue weighted by Crippen LogP contribution is 2.19. The van der Waals surface area contributed by atoms with E-state index in [0.717, 1.165) is 10.5 Å². The Hall–Kier alpha value is -2.29. The first-order chi connectivity index (χ1) is 10.7. The van der Waals surface area contributed by atoms with Crippen molar-refractivity contribution in [2.45, 2.75) is 10.9 Å². The van der Waals surface area contributed by atoms with Crippen LogP contribution in [0.15, 0.2) is 59.5 Å². The molecular formula is C17H16N2O2S. The number of nitrogens with zero attached hydrogens (tertiary/aromatic N) is 1. The summed E-state index contributed by atoms with van der Waals surface area (Å²) in [5.74, 6) is 0.118. The van der Waals surface area contributed by atoms with E-state index in [-0.39, 0.29) is 18.3 Å². The predicted octanol–water partition coefficient (Wildman–Crippen LogP) is 2.50. The minimum absolute atomic E-state index is 0.141. The normalized spacial score (nSPS) is 11.5. The number of thioether (sulfide) groups is 1. The average Bonchev–Trinajstić information content (AvgIpc) is 2.59. The molecule has 0 fully saturated rings. The molecule has 1 atom stereocenters. The molecule has 1 unspecified atom stereocenters. The lowest BCUT2D eigenvalue weighted by Gasteiger charge is -2.16. The van der Waals surface area contributed by atoms with Gasteiger partial charge in [-0.3, -0.25) is 4.79 Å². The first-order valence-corrected chi connectivity index (χ1v) is 7.79. The van der Waals surface area contributed by atoms with Gasteiger partial charge in [0, 0.05) is 4.90 Å². The highest BCUT2D eigenvalue weighted by Gasteiger charge is 2.13. The second-order valence-corrected chi connectivity index (χ2v) is 5.69. The van der Waals surface area contributed by atoms with Gasteiger partial charge < -0.3 is 10.4 Å². The Balaban J connectivity index is 1.87. The van der Waals surface area contributed by atoms with Gasteiger partial charge in [0.2, 0.25) is 5.91 Å². The summed E-state index contributed by atoms with van der Waals surface area (Å²) in [5.41, 5.74) is 1.47. The molecule has 0 heterocycles. The third kappa shape index (κ3) is 4.62. The lowest BCUT2D eigenvalue weighted by molar-refractivity contribution is -0.119. The van der Waals surface area contributed by atoms with Crippen LogP contribution in [0.5, 0.6) is 0 Å². The maximum atomic E-state index is 12.0. The molecule has 0 aliphatic rings. The maximum absolute atomic E-state index is 12.0. The maximum Gasteiger partial charge on any atom is 0.230 e. The number of aliphatic hydroxyl groups is 1. The number of amides is 1. The molecule has 0 spiro atoms. The van der Waals surface area contributed by atoms with Crippen molar-refractivity contribution < 1.29 is 9.90 Å². The molecule has 0 aliphatic heterocycles. The minimum Gasteiger partial charge on any atom is -0.394 e. The standard InChI is InChI=1S/C17H16N2O2S/c18-10-13-6-8-15(9-7-13)22-12-17(21)19-16(11-20)14-4-2-1-3-5-14/h1-9,16,20H,11-12H2,(H,19,21). The molecule has 2 aromatic rings. The molecule has 22 heavy (non-hydrogen) atoms. The van der Waals surface area contributed by atoms with Gasteiger partial charge in [-0.2, -0.15) is 5.26 Å². The molecule has 2 rings (SSSR count). The minimum atomic E-state index is -0.393. The van der Waals surface area contributed by atoms with Crippen LogP contribution >= 0.6 is 11.8 Å². The van der Waals surface area contributed by atoms with E-state index in [1.165, 1.54) is 11.8 Å². The molecule has 4 nitrogen and oxygen atoms in total. The number of rotatable bonds is 6. The Morgan fingerprint density at radius 2 is 1.86 bits per heavy atom. The van der Waals surface area contributed by atoms with Crippen LogP contribution in [0.4, 0.5) is 0 Å². The highest BCUT2D eigenvalue weighted by atomic mass is 32.2. The smallest absolute Gasteiger partial charge is 0.230 e. The molecule has 0 radical (unpaired) electrons. The van der Waals surface area contributed by atoms with Crippen molar-refractivity contribution in [2.24, 2.45) is 0 Å². The van der Waals surface area contributed by atoms with Gasteiger partial charge in [0.05, 0.1) is 30.0 Å². The molecule has 0 bridgehead atoms. The van der Waals surface area contributed by atoms with Crippen LogP contribution < -0.4 is 5.32 Å². The van der Waals surface area contributed by atoms with Crippen molar-refractivity contribution in [1.29, 1.82) is 5.26 Å². The Labute approximate surface area is 133 Å². The molecule has 1 amide bonds. The molecule has 112 valence electrons. The number of nitriles is 1. The van der Waals surface area contributed by atoms with Crippen molar-refractivity contribution in [3.63, 3.8) is 0 Å². The van der Waals surface area contributed by atoms with Crippen LogP contribution in [0.25, 0.3) is 0 Å². The lowest BCUT2D eigenvalue weighted by Crippen LogP contribution is -2.32. The van der Waals surface area contributed by atoms with Crippen molar-refractivity contribution in [3.8, 4) is 6.07 Å². The molecule has 2 N–H and O–H groups in total. The zero-order valence-corrected chi connectivity index (χ0v) is 12.7. The summed E-state index contributed by atoms with van der Waals surface area (Å²) in [4.78, 5) is 12.9. The van der Waals surface area contributed by atoms with E-state index in [1.807, 2.05) is 42.5 Å². The largest absolute Gasteiger partial charge is 0.394 e. The third-order valence-corrected chi connectivity index (χ3v) is 4.09. The summed E-state index contributed by atoms with van der Waals surface area (Å²) in [5, 5.41) is 21.0. The fraction of sp³-hybridized carbons (Fsp3) is 0.176. The summed E-state index contributed by atoms with van der Waals surface area (Å²) in [7, 11) is 0. The van der Waals surface area contributed by atoms with Gasteiger partial charge in [-0.1, -0.05) is 30.3 Å². The average molecular weight is 312 g/mol. The number of carbonyl (C=O) groups is 1. The van der Waals surface area contributed by atoms with Gasteiger partial charge in [-0.05, 0) is 29.8 Å². The second kappa shape index (κ2) is 8.23. The second-order valence-electron chi connectivity index (χ2n) is 4.64. The quantitative estimate of drug-likeness (QED) is 0.804. The van der Waals surface area contributed by atoms with Crippen LogP contribution in [-0.4, -0.2) is 23.4 Å². The zero-order valence-electron chi connectivity index (χ0n) is 11.9. The van der Waals surface area contributed by atoms with Gasteiger partial charge in [-0.15, -0.1) is 11.8 Å². The zero-order chi connectivity index (χ0) is 15.8. The Kier molecular flexibility index (Phi) is 6.01. The number of aliphatic hydroxyl groups excluding tert-OH is 1. The fourth-order valence-corrected chi connectivity index (χ4v) is 2.64. The van der Waals surface area contributed by atoms with Crippen LogP contribution in [0.2, 0.25) is 0 Å². The number of nitrogens with one attached hydrogen (secondary N) is 1. The first-order valence-electron chi connectivity index (χ1n) is 6.81. The van der Waals surface area contributed by atoms with E-state index in [2.05, 4.69) is 11.4 Å². The number of carbonyl (C=O) groups excluding carboxylic acids is 1. The topological polar surface area (TPSA) is 73.1 Å². The van der Waals surface area contributed by atoms with Gasteiger partial charge in [0.1, 0.15) is 0 Å². The highest BCUT2D eigenvalue weighted by molar-refractivity contribution is 8.00. The van der Waals surface area contributed by atoms with E-state index in [1.54, 1.807) is 12.1 Å². The van der Waals surface area contributed by atoms with E-state index >= 15 is 0 Å². The van der Waals surface area contributed by atoms with Gasteiger partial charge in [-0.25, -0.2) is 0 Å². The number of hydrogen-bond donors (Lipinski definition) is 2. The van der Waals surface area contributed by atoms with Crippen LogP contribution in [0.1, 0.15) is 17.2 Å². The Morgan fingerprint density at radius 1 is 1.18 bits per heavy atom. The Bertz CT molecular complexity index is 651. The molecule has 0 saturated heterocycles. The van der Waals surface area contributed by atoms with E-state index in [4.69, 9.17) is 5.26 Å². The van der Waals surface area contributed by atoms with Crippen molar-refractivity contribution in [3.05, 3.63) is 65.7 Å². The summed E-state index contributed by atoms with van der Waals surface area (Å²) >= 11 is 1.39. The number of benzene rings is 2. The monoisotopic (exact) mass is 312 g/mol. The van der Waals surface area contributed by atoms with Crippen LogP contribution in [0, 0.1) is 11.3 Å². The van der Waals surface area contributed by atoms with Gasteiger partial charge >= 0.3 is 0 Å². The van der Waals surface area contributed by atoms with E-state index in [0.29, 0.717) is 5.56 Å². The molecule has 5 heteroatoms. The first kappa shape index (κ1) is 16.1. The predicted molar refractivity (Wildman–Crippen MR) is 86.3 cm³/mol. The summed E-state index contributed by atoms with van der Waals surface area (Å²) in [6.45, 7) is -0.142. The summed E-state index contributed by atoms with van der Waals surface area (Å²) in [6, 6.07) is 18.1. The van der Waals surface area contributed by atoms with E-state index in [9.17, 15) is 9.90 Å². The van der Waals surface area contributed by atoms with Crippen molar-refractivity contribution in [2.75, 3.05) is 12.4 Å². The van der Waals surface area contributed by atoms with Crippen molar-refractivity contribution in [1.82, 2.24) is 5.32 Å². The lowest BCUT2D eigenvalue weighted by atomic mass is 10.1. The molecule has 2 aromatic carbocycles. The molecule has 0 aliphatic carbocycles. The summed E-state index contributed by atoms with van der Waals surface area (Å²) < 4.78 is 0. The van der Waals surface area contributed by atoms with Crippen molar-refractivity contribution >= 4 is 17.7 Å². The molecular weight excluding hydrogens is 296 g/mol. The molecule has 0 aromatic heterocycles. The van der Waals surface area contributed by atoms with Crippen LogP contribution in [-0.2, 0) is 4.79 Å². The number of hydrogen-bond acceptors (Lipinski definition) is 4.